The number of imidazole rings is 1. The van der Waals surface area contributed by atoms with Crippen LogP contribution in [0.3, 0.4) is 0 Å². The lowest BCUT2D eigenvalue weighted by Crippen LogP contribution is -2.21. The summed E-state index contributed by atoms with van der Waals surface area (Å²) in [5.41, 5.74) is 6.00. The number of carbonyl (C=O) groups is 1. The number of hydrogen-bond donors (Lipinski definition) is 2. The van der Waals surface area contributed by atoms with E-state index in [0.717, 1.165) is 11.3 Å². The SMILES string of the molecule is C=C(/C=N\NC)c1cnc2c(OC)nc(/C(=C/CCNC=O)COC(C)(C)C)cn12. The summed E-state index contributed by atoms with van der Waals surface area (Å²) in [5.74, 6) is 0.393. The molecule has 1 amide bonds. The third-order valence-electron chi connectivity index (χ3n) is 4.09. The zero-order chi connectivity index (χ0) is 22.1. The monoisotopic (exact) mass is 414 g/mol. The predicted octanol–water partition coefficient (Wildman–Crippen LogP) is 2.29. The van der Waals surface area contributed by atoms with E-state index in [0.29, 0.717) is 48.8 Å². The second kappa shape index (κ2) is 10.5. The molecule has 2 N–H and O–H groups in total. The van der Waals surface area contributed by atoms with Gasteiger partial charge in [0.05, 0.1) is 43.1 Å². The van der Waals surface area contributed by atoms with E-state index in [2.05, 4.69) is 32.4 Å². The summed E-state index contributed by atoms with van der Waals surface area (Å²) in [5, 5.41) is 6.68. The van der Waals surface area contributed by atoms with Gasteiger partial charge in [0.25, 0.3) is 5.88 Å². The van der Waals surface area contributed by atoms with E-state index in [9.17, 15) is 4.79 Å². The van der Waals surface area contributed by atoms with Crippen molar-refractivity contribution in [3.8, 4) is 5.88 Å². The van der Waals surface area contributed by atoms with Gasteiger partial charge in [0, 0.05) is 30.9 Å². The van der Waals surface area contributed by atoms with Crippen molar-refractivity contribution in [1.82, 2.24) is 25.1 Å². The van der Waals surface area contributed by atoms with Crippen LogP contribution in [-0.2, 0) is 9.53 Å². The summed E-state index contributed by atoms with van der Waals surface area (Å²) in [6, 6.07) is 0. The lowest BCUT2D eigenvalue weighted by Gasteiger charge is -2.21. The Morgan fingerprint density at radius 3 is 2.80 bits per heavy atom. The Labute approximate surface area is 176 Å². The Morgan fingerprint density at radius 1 is 1.40 bits per heavy atom. The molecule has 0 aromatic carbocycles. The van der Waals surface area contributed by atoms with Gasteiger partial charge in [-0.1, -0.05) is 12.7 Å². The molecule has 0 saturated heterocycles. The quantitative estimate of drug-likeness (QED) is 0.253. The van der Waals surface area contributed by atoms with E-state index < -0.39 is 0 Å². The highest BCUT2D eigenvalue weighted by Gasteiger charge is 2.17. The summed E-state index contributed by atoms with van der Waals surface area (Å²) >= 11 is 0. The Kier molecular flexibility index (Phi) is 8.11. The number of hydrogen-bond acceptors (Lipinski definition) is 7. The van der Waals surface area contributed by atoms with Gasteiger partial charge in [-0.15, -0.1) is 0 Å². The van der Waals surface area contributed by atoms with Crippen molar-refractivity contribution in [2.24, 2.45) is 5.10 Å². The molecule has 2 heterocycles. The number of aromatic nitrogens is 3. The van der Waals surface area contributed by atoms with Gasteiger partial charge in [-0.05, 0) is 27.2 Å². The van der Waals surface area contributed by atoms with Crippen molar-refractivity contribution < 1.29 is 14.3 Å². The van der Waals surface area contributed by atoms with Crippen molar-refractivity contribution >= 4 is 29.4 Å². The molecule has 0 aliphatic rings. The smallest absolute Gasteiger partial charge is 0.258 e. The summed E-state index contributed by atoms with van der Waals surface area (Å²) in [4.78, 5) is 19.6. The predicted molar refractivity (Wildman–Crippen MR) is 118 cm³/mol. The normalized spacial score (nSPS) is 12.4. The van der Waals surface area contributed by atoms with Gasteiger partial charge in [-0.3, -0.25) is 9.20 Å². The topological polar surface area (TPSA) is 102 Å². The van der Waals surface area contributed by atoms with Crippen LogP contribution in [0.1, 0.15) is 38.6 Å². The van der Waals surface area contributed by atoms with Crippen molar-refractivity contribution in [3.05, 3.63) is 36.4 Å². The molecular formula is C21H30N6O3. The number of nitrogens with one attached hydrogen (secondary N) is 2. The van der Waals surface area contributed by atoms with Crippen LogP contribution in [0.4, 0.5) is 0 Å². The molecule has 0 aliphatic carbocycles. The van der Waals surface area contributed by atoms with E-state index in [-0.39, 0.29) is 5.60 Å². The van der Waals surface area contributed by atoms with Crippen LogP contribution in [0.25, 0.3) is 16.8 Å². The van der Waals surface area contributed by atoms with E-state index in [1.807, 2.05) is 37.4 Å². The number of allylic oxidation sites excluding steroid dienone is 1. The van der Waals surface area contributed by atoms with Crippen molar-refractivity contribution in [2.45, 2.75) is 32.8 Å². The van der Waals surface area contributed by atoms with Crippen LogP contribution in [0.2, 0.25) is 0 Å². The van der Waals surface area contributed by atoms with Gasteiger partial charge >= 0.3 is 0 Å². The van der Waals surface area contributed by atoms with Crippen LogP contribution in [0, 0.1) is 0 Å². The molecule has 0 unspecified atom stereocenters. The van der Waals surface area contributed by atoms with E-state index >= 15 is 0 Å². The van der Waals surface area contributed by atoms with Crippen molar-refractivity contribution in [3.63, 3.8) is 0 Å². The maximum Gasteiger partial charge on any atom is 0.258 e. The van der Waals surface area contributed by atoms with Gasteiger partial charge in [0.15, 0.2) is 0 Å². The second-order valence-electron chi connectivity index (χ2n) is 7.47. The zero-order valence-corrected chi connectivity index (χ0v) is 18.2. The maximum absolute atomic E-state index is 10.5. The lowest BCUT2D eigenvalue weighted by atomic mass is 10.1. The van der Waals surface area contributed by atoms with Gasteiger partial charge < -0.3 is 20.2 Å². The van der Waals surface area contributed by atoms with E-state index in [1.54, 1.807) is 26.6 Å². The van der Waals surface area contributed by atoms with Crippen molar-refractivity contribution in [1.29, 1.82) is 0 Å². The molecule has 162 valence electrons. The first-order chi connectivity index (χ1) is 14.3. The molecule has 9 heteroatoms. The fourth-order valence-electron chi connectivity index (χ4n) is 2.62. The number of methoxy groups -OCH3 is 1. The average molecular weight is 415 g/mol. The highest BCUT2D eigenvalue weighted by Crippen LogP contribution is 2.25. The summed E-state index contributed by atoms with van der Waals surface area (Å²) in [6.45, 7) is 10.9. The number of amides is 1. The molecule has 2 aromatic heterocycles. The summed E-state index contributed by atoms with van der Waals surface area (Å²) in [7, 11) is 3.27. The third-order valence-corrected chi connectivity index (χ3v) is 4.09. The molecule has 2 aromatic rings. The third kappa shape index (κ3) is 6.15. The summed E-state index contributed by atoms with van der Waals surface area (Å²) in [6.07, 6.45) is 8.54. The zero-order valence-electron chi connectivity index (χ0n) is 18.2. The van der Waals surface area contributed by atoms with Crippen LogP contribution >= 0.6 is 0 Å². The molecule has 0 radical (unpaired) electrons. The molecular weight excluding hydrogens is 384 g/mol. The number of carbonyl (C=O) groups excluding carboxylic acids is 1. The van der Waals surface area contributed by atoms with Gasteiger partial charge in [-0.25, -0.2) is 9.97 Å². The Bertz CT molecular complexity index is 940. The molecule has 30 heavy (non-hydrogen) atoms. The Hall–Kier alpha value is -3.20. The molecule has 0 atom stereocenters. The number of hydrazone groups is 1. The first-order valence-electron chi connectivity index (χ1n) is 9.62. The van der Waals surface area contributed by atoms with E-state index in [4.69, 9.17) is 9.47 Å². The molecule has 0 aliphatic heterocycles. The average Bonchev–Trinajstić information content (AvgIpc) is 3.14. The molecule has 2 rings (SSSR count). The molecule has 0 fully saturated rings. The Balaban J connectivity index is 2.51. The van der Waals surface area contributed by atoms with Gasteiger partial charge in [-0.2, -0.15) is 5.10 Å². The lowest BCUT2D eigenvalue weighted by molar-refractivity contribution is -0.109. The number of rotatable bonds is 11. The first kappa shape index (κ1) is 23.1. The molecule has 9 nitrogen and oxygen atoms in total. The number of fused-ring (bicyclic) bond motifs is 1. The standard InChI is InChI=1S/C21H30N6O3/c1-15(10-25-22-5)18-11-24-19-20(29-6)26-17(12-27(18)19)16(8-7-9-23-14-28)13-30-21(2,3)4/h8,10-12,14,22H,1,7,9,13H2,2-6H3,(H,23,28)/b16-8+,25-10-. The van der Waals surface area contributed by atoms with Crippen molar-refractivity contribution in [2.75, 3.05) is 27.3 Å². The van der Waals surface area contributed by atoms with Crippen LogP contribution in [-0.4, -0.2) is 59.9 Å². The second-order valence-corrected chi connectivity index (χ2v) is 7.47. The minimum absolute atomic E-state index is 0.313. The van der Waals surface area contributed by atoms with Crippen LogP contribution in [0.15, 0.2) is 30.2 Å². The number of nitrogens with zero attached hydrogens (tertiary/aromatic N) is 4. The number of ether oxygens (including phenoxy) is 2. The van der Waals surface area contributed by atoms with Crippen LogP contribution < -0.4 is 15.5 Å². The molecule has 0 saturated carbocycles. The fourth-order valence-corrected chi connectivity index (χ4v) is 2.62. The van der Waals surface area contributed by atoms with Gasteiger partial charge in [0.1, 0.15) is 0 Å². The largest absolute Gasteiger partial charge is 0.478 e. The van der Waals surface area contributed by atoms with E-state index in [1.165, 1.54) is 0 Å². The van der Waals surface area contributed by atoms with Gasteiger partial charge in [0.2, 0.25) is 12.1 Å². The minimum Gasteiger partial charge on any atom is -0.478 e. The highest BCUT2D eigenvalue weighted by atomic mass is 16.5. The fraction of sp³-hybridized carbons (Fsp3) is 0.429. The Morgan fingerprint density at radius 2 is 2.17 bits per heavy atom. The highest BCUT2D eigenvalue weighted by molar-refractivity contribution is 6.08. The first-order valence-corrected chi connectivity index (χ1v) is 9.62. The molecule has 0 spiro atoms. The molecule has 0 bridgehead atoms. The maximum atomic E-state index is 10.5. The van der Waals surface area contributed by atoms with Crippen LogP contribution in [0.5, 0.6) is 5.88 Å². The summed E-state index contributed by atoms with van der Waals surface area (Å²) < 4.78 is 13.3. The minimum atomic E-state index is -0.313.